The molecule has 0 spiro atoms. The van der Waals surface area contributed by atoms with E-state index in [-0.39, 0.29) is 10.7 Å². The molecule has 0 radical (unpaired) electrons. The Morgan fingerprint density at radius 1 is 1.19 bits per heavy atom. The van der Waals surface area contributed by atoms with Gasteiger partial charge in [-0.15, -0.1) is 0 Å². The summed E-state index contributed by atoms with van der Waals surface area (Å²) in [6, 6.07) is 4.48. The van der Waals surface area contributed by atoms with Crippen LogP contribution in [0.4, 0.5) is 0 Å². The average molecular weight is 392 g/mol. The fraction of sp³-hybridized carbons (Fsp3) is 0.389. The van der Waals surface area contributed by atoms with E-state index in [0.717, 1.165) is 6.26 Å². The number of hydrogen-bond donors (Lipinski definition) is 1. The van der Waals surface area contributed by atoms with Crippen molar-refractivity contribution in [2.45, 2.75) is 39.5 Å². The van der Waals surface area contributed by atoms with Crippen LogP contribution in [-0.2, 0) is 9.84 Å². The molecule has 2 heterocycles. The van der Waals surface area contributed by atoms with Gasteiger partial charge in [-0.1, -0.05) is 13.8 Å². The Morgan fingerprint density at radius 2 is 1.85 bits per heavy atom. The van der Waals surface area contributed by atoms with Crippen LogP contribution in [0, 0.1) is 13.8 Å². The van der Waals surface area contributed by atoms with E-state index in [0.29, 0.717) is 35.1 Å². The number of aryl methyl sites for hydroxylation is 2. The molecule has 146 valence electrons. The van der Waals surface area contributed by atoms with Crippen molar-refractivity contribution in [1.82, 2.24) is 19.4 Å². The number of rotatable bonds is 4. The van der Waals surface area contributed by atoms with Crippen LogP contribution in [-0.4, -0.2) is 40.6 Å². The van der Waals surface area contributed by atoms with Crippen molar-refractivity contribution in [2.24, 2.45) is 0 Å². The summed E-state index contributed by atoms with van der Waals surface area (Å²) >= 11 is 0. The molecule has 3 aromatic rings. The van der Waals surface area contributed by atoms with E-state index in [4.69, 9.17) is 4.74 Å². The van der Waals surface area contributed by atoms with Crippen LogP contribution in [0.2, 0.25) is 0 Å². The number of nitrogens with one attached hydrogen (secondary N) is 1. The van der Waals surface area contributed by atoms with E-state index in [1.165, 1.54) is 16.5 Å². The molecule has 1 N–H and O–H groups in total. The molecule has 27 heavy (non-hydrogen) atoms. The number of ether oxygens (including phenoxy) is 1. The van der Waals surface area contributed by atoms with Crippen LogP contribution in [0.25, 0.3) is 17.0 Å². The number of nitrogens with zero attached hydrogens (tertiary/aromatic N) is 3. The number of H-pyrrole nitrogens is 1. The Kier molecular flexibility index (Phi) is 6.04. The number of aromatic amines is 1. The third-order valence-corrected chi connectivity index (χ3v) is 4.88. The predicted octanol–water partition coefficient (Wildman–Crippen LogP) is 2.53. The summed E-state index contributed by atoms with van der Waals surface area (Å²) in [7, 11) is -3.41. The predicted molar refractivity (Wildman–Crippen MR) is 104 cm³/mol. The molecule has 0 saturated carbocycles. The maximum absolute atomic E-state index is 12.4. The first-order valence-electron chi connectivity index (χ1n) is 8.65. The molecule has 0 bridgehead atoms. The van der Waals surface area contributed by atoms with Crippen LogP contribution in [0.3, 0.4) is 0 Å². The number of aromatic nitrogens is 4. The molecule has 0 atom stereocenters. The van der Waals surface area contributed by atoms with Gasteiger partial charge in [0.05, 0.1) is 22.8 Å². The van der Waals surface area contributed by atoms with Crippen molar-refractivity contribution in [1.29, 1.82) is 0 Å². The van der Waals surface area contributed by atoms with E-state index in [9.17, 15) is 13.2 Å². The van der Waals surface area contributed by atoms with Crippen molar-refractivity contribution >= 4 is 15.5 Å². The van der Waals surface area contributed by atoms with Crippen LogP contribution in [0.15, 0.2) is 27.9 Å². The number of imidazole rings is 1. The first kappa shape index (κ1) is 20.6. The minimum atomic E-state index is -3.41. The fourth-order valence-electron chi connectivity index (χ4n) is 2.66. The summed E-state index contributed by atoms with van der Waals surface area (Å²) in [5.74, 6) is 1.20. The lowest BCUT2D eigenvalue weighted by atomic mass is 10.2. The minimum absolute atomic E-state index is 0.120. The van der Waals surface area contributed by atoms with E-state index < -0.39 is 15.5 Å². The maximum atomic E-state index is 12.4. The van der Waals surface area contributed by atoms with Gasteiger partial charge in [-0.05, 0) is 39.0 Å². The average Bonchev–Trinajstić information content (AvgIpc) is 2.91. The highest BCUT2D eigenvalue weighted by Gasteiger charge is 2.17. The Labute approximate surface area is 158 Å². The van der Waals surface area contributed by atoms with Gasteiger partial charge in [0.15, 0.2) is 15.5 Å². The lowest BCUT2D eigenvalue weighted by Gasteiger charge is -2.11. The van der Waals surface area contributed by atoms with Gasteiger partial charge in [-0.3, -0.25) is 4.98 Å². The molecule has 0 aliphatic rings. The standard InChI is InChI=1S/C16H18N4O4S.C2H6/c1-5-24-13-7-6-11(25(4,22)23)8-12(13)14-18-15-9(2)17-10(3)20(15)16(21)19-14;1-2/h6-8H,5H2,1-4H3,(H,18,19,21);1-2H3. The first-order valence-corrected chi connectivity index (χ1v) is 10.5. The smallest absolute Gasteiger partial charge is 0.334 e. The number of benzene rings is 1. The van der Waals surface area contributed by atoms with E-state index in [1.54, 1.807) is 19.9 Å². The van der Waals surface area contributed by atoms with Crippen molar-refractivity contribution in [2.75, 3.05) is 12.9 Å². The highest BCUT2D eigenvalue weighted by atomic mass is 32.2. The van der Waals surface area contributed by atoms with Gasteiger partial charge in [-0.25, -0.2) is 27.6 Å². The Balaban J connectivity index is 0.00000126. The summed E-state index contributed by atoms with van der Waals surface area (Å²) in [4.78, 5) is 23.9. The molecule has 0 aliphatic heterocycles. The molecule has 0 amide bonds. The topological polar surface area (TPSA) is 106 Å². The van der Waals surface area contributed by atoms with Crippen LogP contribution < -0.4 is 10.4 Å². The van der Waals surface area contributed by atoms with Gasteiger partial charge < -0.3 is 4.74 Å². The van der Waals surface area contributed by atoms with E-state index >= 15 is 0 Å². The normalized spacial score (nSPS) is 11.2. The number of hydrogen-bond acceptors (Lipinski definition) is 6. The zero-order chi connectivity index (χ0) is 20.4. The van der Waals surface area contributed by atoms with Crippen LogP contribution in [0.1, 0.15) is 32.3 Å². The van der Waals surface area contributed by atoms with Crippen LogP contribution in [0.5, 0.6) is 5.75 Å². The Hall–Kier alpha value is -2.68. The molecule has 1 aromatic carbocycles. The molecule has 0 fully saturated rings. The lowest BCUT2D eigenvalue weighted by Crippen LogP contribution is -2.19. The zero-order valence-corrected chi connectivity index (χ0v) is 17.1. The lowest BCUT2D eigenvalue weighted by molar-refractivity contribution is 0.341. The van der Waals surface area contributed by atoms with E-state index in [2.05, 4.69) is 15.0 Å². The van der Waals surface area contributed by atoms with Gasteiger partial charge in [0.1, 0.15) is 17.4 Å². The maximum Gasteiger partial charge on any atom is 0.334 e. The third-order valence-electron chi connectivity index (χ3n) is 3.77. The van der Waals surface area contributed by atoms with E-state index in [1.807, 2.05) is 20.8 Å². The van der Waals surface area contributed by atoms with Crippen molar-refractivity contribution in [3.05, 3.63) is 40.2 Å². The SMILES string of the molecule is CC.CCOc1ccc(S(C)(=O)=O)cc1-c1nc2c(C)nc(C)n2c(=O)[nH]1. The second-order valence-electron chi connectivity index (χ2n) is 5.66. The summed E-state index contributed by atoms with van der Waals surface area (Å²) in [6.07, 6.45) is 1.12. The molecule has 9 heteroatoms. The number of fused-ring (bicyclic) bond motifs is 1. The molecular formula is C18H24N4O4S. The van der Waals surface area contributed by atoms with Gasteiger partial charge in [0, 0.05) is 6.26 Å². The number of sulfone groups is 1. The minimum Gasteiger partial charge on any atom is -0.493 e. The zero-order valence-electron chi connectivity index (χ0n) is 16.3. The van der Waals surface area contributed by atoms with Gasteiger partial charge in [0.2, 0.25) is 0 Å². The Bertz CT molecular complexity index is 1130. The van der Waals surface area contributed by atoms with Crippen molar-refractivity contribution < 1.29 is 13.2 Å². The quantitative estimate of drug-likeness (QED) is 0.731. The van der Waals surface area contributed by atoms with Crippen LogP contribution >= 0.6 is 0 Å². The molecule has 0 saturated heterocycles. The molecule has 0 aliphatic carbocycles. The summed E-state index contributed by atoms with van der Waals surface area (Å²) in [5, 5.41) is 0. The summed E-state index contributed by atoms with van der Waals surface area (Å²) < 4.78 is 30.7. The van der Waals surface area contributed by atoms with Crippen molar-refractivity contribution in [3.8, 4) is 17.1 Å². The van der Waals surface area contributed by atoms with Gasteiger partial charge >= 0.3 is 5.69 Å². The van der Waals surface area contributed by atoms with Crippen molar-refractivity contribution in [3.63, 3.8) is 0 Å². The molecular weight excluding hydrogens is 368 g/mol. The Morgan fingerprint density at radius 3 is 2.44 bits per heavy atom. The highest BCUT2D eigenvalue weighted by Crippen LogP contribution is 2.30. The van der Waals surface area contributed by atoms with Gasteiger partial charge in [0.25, 0.3) is 0 Å². The molecule has 2 aromatic heterocycles. The second kappa shape index (κ2) is 7.91. The second-order valence-corrected chi connectivity index (χ2v) is 7.67. The van der Waals surface area contributed by atoms with Gasteiger partial charge in [-0.2, -0.15) is 0 Å². The monoisotopic (exact) mass is 392 g/mol. The molecule has 3 rings (SSSR count). The largest absolute Gasteiger partial charge is 0.493 e. The summed E-state index contributed by atoms with van der Waals surface area (Å²) in [6.45, 7) is 9.68. The summed E-state index contributed by atoms with van der Waals surface area (Å²) in [5.41, 5.74) is 1.04. The molecule has 8 nitrogen and oxygen atoms in total. The third kappa shape index (κ3) is 4.02. The fourth-order valence-corrected chi connectivity index (χ4v) is 3.30. The molecule has 0 unspecified atom stereocenters. The first-order chi connectivity index (χ1) is 12.7. The highest BCUT2D eigenvalue weighted by molar-refractivity contribution is 7.90.